The van der Waals surface area contributed by atoms with Gasteiger partial charge in [0.1, 0.15) is 18.2 Å². The van der Waals surface area contributed by atoms with Crippen molar-refractivity contribution in [2.24, 2.45) is 11.1 Å². The third kappa shape index (κ3) is 6.21. The second-order valence-corrected chi connectivity index (χ2v) is 7.89. The van der Waals surface area contributed by atoms with Gasteiger partial charge in [-0.25, -0.2) is 4.79 Å². The normalized spacial score (nSPS) is 20.0. The van der Waals surface area contributed by atoms with Crippen LogP contribution in [0.4, 0.5) is 4.79 Å². The van der Waals surface area contributed by atoms with Gasteiger partial charge in [-0.1, -0.05) is 40.5 Å². The average Bonchev–Trinajstić information content (AvgIpc) is 2.98. The molecule has 0 aromatic carbocycles. The molecule has 1 fully saturated rings. The van der Waals surface area contributed by atoms with E-state index in [1.54, 1.807) is 0 Å². The van der Waals surface area contributed by atoms with Gasteiger partial charge in [0.15, 0.2) is 0 Å². The Hall–Kier alpha value is -1.79. The lowest BCUT2D eigenvalue weighted by atomic mass is 9.85. The van der Waals surface area contributed by atoms with E-state index in [1.165, 1.54) is 4.90 Å². The lowest BCUT2D eigenvalue weighted by Gasteiger charge is -2.35. The zero-order valence-corrected chi connectivity index (χ0v) is 16.1. The maximum Gasteiger partial charge on any atom is 0.408 e. The van der Waals surface area contributed by atoms with Crippen LogP contribution in [0.1, 0.15) is 66.7 Å². The van der Waals surface area contributed by atoms with Crippen LogP contribution in [0.15, 0.2) is 0 Å². The van der Waals surface area contributed by atoms with E-state index in [0.717, 1.165) is 25.7 Å². The summed E-state index contributed by atoms with van der Waals surface area (Å²) in [5.74, 6) is -0.791. The number of hydrogen-bond acceptors (Lipinski definition) is 4. The van der Waals surface area contributed by atoms with Gasteiger partial charge in [0.05, 0.1) is 0 Å². The SMILES string of the molecule is CCCCC(C)OC(=O)NC(C(=O)N1CCCC1C(N)=O)C(C)(C)C. The summed E-state index contributed by atoms with van der Waals surface area (Å²) in [5.41, 5.74) is 4.88. The van der Waals surface area contributed by atoms with E-state index in [4.69, 9.17) is 10.5 Å². The third-order valence-corrected chi connectivity index (χ3v) is 4.51. The lowest BCUT2D eigenvalue weighted by Crippen LogP contribution is -2.57. The molecule has 0 bridgehead atoms. The van der Waals surface area contributed by atoms with Gasteiger partial charge in [0, 0.05) is 6.54 Å². The number of nitrogens with two attached hydrogens (primary N) is 1. The number of nitrogens with one attached hydrogen (secondary N) is 1. The molecule has 0 aliphatic carbocycles. The quantitative estimate of drug-likeness (QED) is 0.731. The van der Waals surface area contributed by atoms with Crippen LogP contribution in [-0.2, 0) is 14.3 Å². The summed E-state index contributed by atoms with van der Waals surface area (Å²) in [5, 5.41) is 2.70. The minimum atomic E-state index is -0.779. The van der Waals surface area contributed by atoms with Crippen LogP contribution < -0.4 is 11.1 Å². The van der Waals surface area contributed by atoms with Crippen LogP contribution >= 0.6 is 0 Å². The average molecular weight is 355 g/mol. The number of primary amides is 1. The highest BCUT2D eigenvalue weighted by Crippen LogP contribution is 2.25. The van der Waals surface area contributed by atoms with Crippen LogP contribution in [0.25, 0.3) is 0 Å². The van der Waals surface area contributed by atoms with Crippen molar-refractivity contribution in [3.8, 4) is 0 Å². The van der Waals surface area contributed by atoms with Gasteiger partial charge in [-0.05, 0) is 31.6 Å². The topological polar surface area (TPSA) is 102 Å². The van der Waals surface area contributed by atoms with E-state index in [2.05, 4.69) is 12.2 Å². The molecule has 1 heterocycles. The molecule has 0 spiro atoms. The lowest BCUT2D eigenvalue weighted by molar-refractivity contribution is -0.141. The van der Waals surface area contributed by atoms with Gasteiger partial charge in [-0.2, -0.15) is 0 Å². The zero-order chi connectivity index (χ0) is 19.2. The summed E-state index contributed by atoms with van der Waals surface area (Å²) in [6, 6.07) is -1.38. The summed E-state index contributed by atoms with van der Waals surface area (Å²) >= 11 is 0. The fraction of sp³-hybridized carbons (Fsp3) is 0.833. The summed E-state index contributed by atoms with van der Waals surface area (Å²) in [7, 11) is 0. The molecule has 1 aliphatic heterocycles. The van der Waals surface area contributed by atoms with E-state index in [0.29, 0.717) is 13.0 Å². The molecule has 0 saturated carbocycles. The van der Waals surface area contributed by atoms with Crippen LogP contribution in [0.5, 0.6) is 0 Å². The summed E-state index contributed by atoms with van der Waals surface area (Å²) in [6.45, 7) is 9.99. The maximum absolute atomic E-state index is 12.9. The second kappa shape index (κ2) is 9.06. The molecule has 0 aromatic heterocycles. The molecule has 144 valence electrons. The molecule has 3 amide bonds. The van der Waals surface area contributed by atoms with Gasteiger partial charge in [-0.15, -0.1) is 0 Å². The van der Waals surface area contributed by atoms with Crippen molar-refractivity contribution in [3.63, 3.8) is 0 Å². The number of alkyl carbamates (subject to hydrolysis) is 1. The first-order valence-electron chi connectivity index (χ1n) is 9.14. The molecule has 3 unspecified atom stereocenters. The third-order valence-electron chi connectivity index (χ3n) is 4.51. The predicted molar refractivity (Wildman–Crippen MR) is 95.8 cm³/mol. The Morgan fingerprint density at radius 3 is 2.48 bits per heavy atom. The van der Waals surface area contributed by atoms with Gasteiger partial charge >= 0.3 is 6.09 Å². The molecule has 0 radical (unpaired) electrons. The number of carbonyl (C=O) groups excluding carboxylic acids is 3. The van der Waals surface area contributed by atoms with Gasteiger partial charge in [0.25, 0.3) is 0 Å². The maximum atomic E-state index is 12.9. The fourth-order valence-electron chi connectivity index (χ4n) is 3.03. The number of rotatable bonds is 7. The first-order valence-corrected chi connectivity index (χ1v) is 9.14. The first-order chi connectivity index (χ1) is 11.6. The molecule has 1 saturated heterocycles. The number of ether oxygens (including phenoxy) is 1. The highest BCUT2D eigenvalue weighted by molar-refractivity contribution is 5.91. The Labute approximate surface area is 150 Å². The van der Waals surface area contributed by atoms with Gasteiger partial charge in [0.2, 0.25) is 11.8 Å². The molecule has 7 nitrogen and oxygen atoms in total. The van der Waals surface area contributed by atoms with Crippen LogP contribution in [-0.4, -0.2) is 47.5 Å². The highest BCUT2D eigenvalue weighted by atomic mass is 16.6. The minimum Gasteiger partial charge on any atom is -0.447 e. The number of hydrogen-bond donors (Lipinski definition) is 2. The van der Waals surface area contributed by atoms with Crippen LogP contribution in [0, 0.1) is 5.41 Å². The van der Waals surface area contributed by atoms with E-state index < -0.39 is 29.5 Å². The van der Waals surface area contributed by atoms with Crippen molar-refractivity contribution in [3.05, 3.63) is 0 Å². The standard InChI is InChI=1S/C18H33N3O4/c1-6-7-9-12(2)25-17(24)20-14(18(3,4)5)16(23)21-11-8-10-13(21)15(19)22/h12-14H,6-11H2,1-5H3,(H2,19,22)(H,20,24). The van der Waals surface area contributed by atoms with Crippen molar-refractivity contribution in [2.75, 3.05) is 6.54 Å². The van der Waals surface area contributed by atoms with E-state index in [9.17, 15) is 14.4 Å². The van der Waals surface area contributed by atoms with E-state index in [1.807, 2.05) is 27.7 Å². The van der Waals surface area contributed by atoms with Gasteiger partial charge < -0.3 is 20.7 Å². The second-order valence-electron chi connectivity index (χ2n) is 7.89. The highest BCUT2D eigenvalue weighted by Gasteiger charge is 2.41. The number of unbranched alkanes of at least 4 members (excludes halogenated alkanes) is 1. The summed E-state index contributed by atoms with van der Waals surface area (Å²) in [4.78, 5) is 38.2. The van der Waals surface area contributed by atoms with E-state index in [-0.39, 0.29) is 12.0 Å². The van der Waals surface area contributed by atoms with Crippen LogP contribution in [0.2, 0.25) is 0 Å². The van der Waals surface area contributed by atoms with Gasteiger partial charge in [-0.3, -0.25) is 9.59 Å². The molecular formula is C18H33N3O4. The fourth-order valence-corrected chi connectivity index (χ4v) is 3.03. The molecule has 1 rings (SSSR count). The number of likely N-dealkylation sites (tertiary alicyclic amines) is 1. The van der Waals surface area contributed by atoms with Crippen molar-refractivity contribution < 1.29 is 19.1 Å². The Morgan fingerprint density at radius 1 is 1.32 bits per heavy atom. The number of carbonyl (C=O) groups is 3. The monoisotopic (exact) mass is 355 g/mol. The molecule has 7 heteroatoms. The van der Waals surface area contributed by atoms with Crippen molar-refractivity contribution in [1.29, 1.82) is 0 Å². The number of amides is 3. The van der Waals surface area contributed by atoms with E-state index >= 15 is 0 Å². The molecule has 3 atom stereocenters. The van der Waals surface area contributed by atoms with Crippen LogP contribution in [0.3, 0.4) is 0 Å². The van der Waals surface area contributed by atoms with Crippen molar-refractivity contribution >= 4 is 17.9 Å². The number of nitrogens with zero attached hydrogens (tertiary/aromatic N) is 1. The molecular weight excluding hydrogens is 322 g/mol. The summed E-state index contributed by atoms with van der Waals surface area (Å²) in [6.07, 6.45) is 3.28. The molecule has 1 aliphatic rings. The molecule has 25 heavy (non-hydrogen) atoms. The first kappa shape index (κ1) is 21.3. The minimum absolute atomic E-state index is 0.208. The summed E-state index contributed by atoms with van der Waals surface area (Å²) < 4.78 is 5.35. The Bertz CT molecular complexity index is 487. The van der Waals surface area contributed by atoms with Crippen molar-refractivity contribution in [2.45, 2.75) is 84.9 Å². The largest absolute Gasteiger partial charge is 0.447 e. The predicted octanol–water partition coefficient (Wildman–Crippen LogP) is 2.18. The molecule has 0 aromatic rings. The smallest absolute Gasteiger partial charge is 0.408 e. The zero-order valence-electron chi connectivity index (χ0n) is 16.1. The Morgan fingerprint density at radius 2 is 1.96 bits per heavy atom. The Kier molecular flexibility index (Phi) is 7.70. The Balaban J connectivity index is 2.79. The van der Waals surface area contributed by atoms with Crippen molar-refractivity contribution in [1.82, 2.24) is 10.2 Å². The molecule has 3 N–H and O–H groups in total.